The summed E-state index contributed by atoms with van der Waals surface area (Å²) in [5.41, 5.74) is 0. The Balaban J connectivity index is 3.09. The Labute approximate surface area is 269 Å². The van der Waals surface area contributed by atoms with Crippen molar-refractivity contribution < 1.29 is 66.8 Å². The summed E-state index contributed by atoms with van der Waals surface area (Å²) in [6, 6.07) is 0. The number of esters is 1. The molecule has 0 atom stereocenters. The van der Waals surface area contributed by atoms with E-state index in [0.717, 1.165) is 12.8 Å². The molecule has 1 N–H and O–H groups in total. The van der Waals surface area contributed by atoms with Crippen LogP contribution in [0.1, 0.15) is 51.9 Å². The third kappa shape index (κ3) is 40.5. The maximum Gasteiger partial charge on any atom is 0.305 e. The van der Waals surface area contributed by atoms with Crippen molar-refractivity contribution in [1.29, 1.82) is 0 Å². The Morgan fingerprint density at radius 3 is 0.978 bits per heavy atom. The highest BCUT2D eigenvalue weighted by atomic mass is 16.6. The predicted molar refractivity (Wildman–Crippen MR) is 165 cm³/mol. The van der Waals surface area contributed by atoms with Gasteiger partial charge in [-0.25, -0.2) is 0 Å². The molecule has 268 valence electrons. The molecule has 0 aliphatic rings. The van der Waals surface area contributed by atoms with Crippen LogP contribution < -0.4 is 0 Å². The van der Waals surface area contributed by atoms with Crippen molar-refractivity contribution in [1.82, 2.24) is 0 Å². The zero-order chi connectivity index (χ0) is 32.7. The largest absolute Gasteiger partial charge is 0.481 e. The number of ether oxygens (including phenoxy) is 11. The second-order valence-electron chi connectivity index (χ2n) is 9.65. The van der Waals surface area contributed by atoms with Crippen LogP contribution in [0.5, 0.6) is 0 Å². The molecule has 0 saturated heterocycles. The third-order valence-electron chi connectivity index (χ3n) is 5.78. The van der Waals surface area contributed by atoms with Crippen LogP contribution in [0.3, 0.4) is 0 Å². The van der Waals surface area contributed by atoms with Gasteiger partial charge in [0.05, 0.1) is 139 Å². The lowest BCUT2D eigenvalue weighted by Crippen LogP contribution is -2.15. The smallest absolute Gasteiger partial charge is 0.305 e. The van der Waals surface area contributed by atoms with Crippen LogP contribution in [0.25, 0.3) is 0 Å². The molecule has 0 radical (unpaired) electrons. The second kappa shape index (κ2) is 38.7. The highest BCUT2D eigenvalue weighted by Crippen LogP contribution is 2.05. The van der Waals surface area contributed by atoms with Gasteiger partial charge >= 0.3 is 11.9 Å². The first kappa shape index (κ1) is 43.5. The predicted octanol–water partition coefficient (Wildman–Crippen LogP) is 2.53. The minimum atomic E-state index is -0.876. The highest BCUT2D eigenvalue weighted by molar-refractivity contribution is 5.69. The van der Waals surface area contributed by atoms with Gasteiger partial charge in [-0.1, -0.05) is 32.6 Å². The van der Waals surface area contributed by atoms with Crippen molar-refractivity contribution in [3.8, 4) is 0 Å². The molecule has 0 unspecified atom stereocenters. The van der Waals surface area contributed by atoms with Crippen molar-refractivity contribution in [2.75, 3.05) is 139 Å². The van der Waals surface area contributed by atoms with Crippen LogP contribution in [0.2, 0.25) is 0 Å². The van der Waals surface area contributed by atoms with Gasteiger partial charge in [-0.15, -0.1) is 0 Å². The quantitative estimate of drug-likeness (QED) is 0.0761. The molecule has 45 heavy (non-hydrogen) atoms. The van der Waals surface area contributed by atoms with Gasteiger partial charge < -0.3 is 57.2 Å². The van der Waals surface area contributed by atoms with Crippen LogP contribution in [-0.2, 0) is 61.7 Å². The number of hydrogen-bond donors (Lipinski definition) is 1. The van der Waals surface area contributed by atoms with E-state index in [1.165, 1.54) is 19.3 Å². The SMILES string of the molecule is CCCCCCCC(=O)OCCOCCOCCOCCOCCOCCOCCOCCOCCOCCOCCC(=O)O. The molecule has 0 aliphatic heterocycles. The summed E-state index contributed by atoms with van der Waals surface area (Å²) in [5, 5.41) is 8.48. The average Bonchev–Trinajstić information content (AvgIpc) is 3.03. The third-order valence-corrected chi connectivity index (χ3v) is 5.78. The minimum Gasteiger partial charge on any atom is -0.481 e. The van der Waals surface area contributed by atoms with Gasteiger partial charge in [0, 0.05) is 6.42 Å². The molecule has 14 heteroatoms. The first-order chi connectivity index (χ1) is 22.2. The number of carbonyl (C=O) groups excluding carboxylic acids is 1. The summed E-state index contributed by atoms with van der Waals surface area (Å²) in [4.78, 5) is 21.9. The van der Waals surface area contributed by atoms with Gasteiger partial charge in [-0.05, 0) is 6.42 Å². The lowest BCUT2D eigenvalue weighted by Gasteiger charge is -2.09. The normalized spacial score (nSPS) is 11.3. The van der Waals surface area contributed by atoms with E-state index in [-0.39, 0.29) is 25.6 Å². The molecule has 0 fully saturated rings. The average molecular weight is 657 g/mol. The molecule has 0 aromatic heterocycles. The number of carboxylic acid groups (broad SMARTS) is 1. The van der Waals surface area contributed by atoms with E-state index >= 15 is 0 Å². The van der Waals surface area contributed by atoms with E-state index < -0.39 is 5.97 Å². The first-order valence-electron chi connectivity index (χ1n) is 16.3. The molecule has 0 aromatic rings. The number of carboxylic acids is 1. The topological polar surface area (TPSA) is 156 Å². The Morgan fingerprint density at radius 2 is 0.667 bits per heavy atom. The van der Waals surface area contributed by atoms with E-state index in [9.17, 15) is 9.59 Å². The summed E-state index contributed by atoms with van der Waals surface area (Å²) in [5.74, 6) is -1.03. The lowest BCUT2D eigenvalue weighted by molar-refractivity contribution is -0.145. The van der Waals surface area contributed by atoms with Crippen molar-refractivity contribution >= 4 is 11.9 Å². The fourth-order valence-electron chi connectivity index (χ4n) is 3.40. The zero-order valence-corrected chi connectivity index (χ0v) is 27.6. The van der Waals surface area contributed by atoms with Crippen LogP contribution >= 0.6 is 0 Å². The maximum atomic E-state index is 11.6. The Hall–Kier alpha value is -1.46. The van der Waals surface area contributed by atoms with Gasteiger partial charge in [0.15, 0.2) is 0 Å². The van der Waals surface area contributed by atoms with Crippen LogP contribution in [-0.4, -0.2) is 156 Å². The Bertz CT molecular complexity index is 611. The van der Waals surface area contributed by atoms with Crippen molar-refractivity contribution in [3.05, 3.63) is 0 Å². The number of hydrogen-bond acceptors (Lipinski definition) is 13. The first-order valence-corrected chi connectivity index (χ1v) is 16.3. The summed E-state index contributed by atoms with van der Waals surface area (Å²) in [6.07, 6.45) is 6.05. The Morgan fingerprint density at radius 1 is 0.378 bits per heavy atom. The molecule has 0 aromatic carbocycles. The monoisotopic (exact) mass is 656 g/mol. The Kier molecular flexibility index (Phi) is 37.5. The van der Waals surface area contributed by atoms with Crippen LogP contribution in [0.4, 0.5) is 0 Å². The van der Waals surface area contributed by atoms with E-state index in [1.807, 2.05) is 0 Å². The van der Waals surface area contributed by atoms with Crippen LogP contribution in [0, 0.1) is 0 Å². The van der Waals surface area contributed by atoms with Gasteiger partial charge in [0.1, 0.15) is 6.61 Å². The summed E-state index contributed by atoms with van der Waals surface area (Å²) in [7, 11) is 0. The van der Waals surface area contributed by atoms with Crippen LogP contribution in [0.15, 0.2) is 0 Å². The van der Waals surface area contributed by atoms with E-state index in [2.05, 4.69) is 6.92 Å². The number of unbranched alkanes of at least 4 members (excludes halogenated alkanes) is 4. The number of rotatable bonds is 39. The van der Waals surface area contributed by atoms with Gasteiger partial charge in [0.2, 0.25) is 0 Å². The van der Waals surface area contributed by atoms with Gasteiger partial charge in [-0.3, -0.25) is 9.59 Å². The van der Waals surface area contributed by atoms with E-state index in [4.69, 9.17) is 57.2 Å². The molecule has 0 bridgehead atoms. The second-order valence-corrected chi connectivity index (χ2v) is 9.65. The fourth-order valence-corrected chi connectivity index (χ4v) is 3.40. The van der Waals surface area contributed by atoms with Crippen molar-refractivity contribution in [3.63, 3.8) is 0 Å². The summed E-state index contributed by atoms with van der Waals surface area (Å²) in [6.45, 7) is 11.4. The number of aliphatic carboxylic acids is 1. The van der Waals surface area contributed by atoms with E-state index in [0.29, 0.717) is 132 Å². The minimum absolute atomic E-state index is 0.00394. The molecular formula is C31H60O14. The summed E-state index contributed by atoms with van der Waals surface area (Å²) < 4.78 is 59.0. The van der Waals surface area contributed by atoms with Crippen molar-refractivity contribution in [2.45, 2.75) is 51.9 Å². The maximum absolute atomic E-state index is 11.6. The fraction of sp³-hybridized carbons (Fsp3) is 0.935. The molecule has 0 aliphatic carbocycles. The summed E-state index contributed by atoms with van der Waals surface area (Å²) >= 11 is 0. The van der Waals surface area contributed by atoms with Crippen molar-refractivity contribution in [2.24, 2.45) is 0 Å². The number of carbonyl (C=O) groups is 2. The van der Waals surface area contributed by atoms with Gasteiger partial charge in [0.25, 0.3) is 0 Å². The molecule has 0 rings (SSSR count). The highest BCUT2D eigenvalue weighted by Gasteiger charge is 2.02. The molecule has 0 saturated carbocycles. The molecule has 0 heterocycles. The van der Waals surface area contributed by atoms with Gasteiger partial charge in [-0.2, -0.15) is 0 Å². The molecular weight excluding hydrogens is 596 g/mol. The standard InChI is InChI=1S/C31H60O14/c1-2-3-4-5-6-7-31(34)45-29-28-44-27-26-43-25-24-42-23-22-41-21-20-40-19-18-39-17-16-38-15-14-37-13-12-36-11-10-35-9-8-30(32)33/h2-29H2,1H3,(H,32,33). The zero-order valence-electron chi connectivity index (χ0n) is 27.6. The van der Waals surface area contributed by atoms with E-state index in [1.54, 1.807) is 0 Å². The molecule has 14 nitrogen and oxygen atoms in total. The molecule has 0 amide bonds. The molecule has 0 spiro atoms. The lowest BCUT2D eigenvalue weighted by atomic mass is 10.1.